The molecule has 1 saturated carbocycles. The summed E-state index contributed by atoms with van der Waals surface area (Å²) in [5.41, 5.74) is 0. The van der Waals surface area contributed by atoms with E-state index in [4.69, 9.17) is 0 Å². The van der Waals surface area contributed by atoms with E-state index < -0.39 is 0 Å². The Morgan fingerprint density at radius 2 is 1.86 bits per heavy atom. The van der Waals surface area contributed by atoms with Crippen molar-refractivity contribution in [1.29, 1.82) is 0 Å². The van der Waals surface area contributed by atoms with Crippen LogP contribution in [0.4, 0.5) is 0 Å². The Labute approximate surface area is 134 Å². The number of amides is 1. The van der Waals surface area contributed by atoms with E-state index in [9.17, 15) is 9.90 Å². The normalized spacial score (nSPS) is 28.0. The molecular weight excluding hydrogens is 278 g/mol. The average molecular weight is 309 g/mol. The van der Waals surface area contributed by atoms with Crippen LogP contribution in [0.25, 0.3) is 0 Å². The average Bonchev–Trinajstić information content (AvgIpc) is 3.34. The predicted molar refractivity (Wildman–Crippen MR) is 86.6 cm³/mol. The second-order valence-electron chi connectivity index (χ2n) is 7.34. The van der Waals surface area contributed by atoms with Crippen molar-refractivity contribution in [3.63, 3.8) is 0 Å². The van der Waals surface area contributed by atoms with Gasteiger partial charge in [0, 0.05) is 45.2 Å². The molecule has 22 heavy (non-hydrogen) atoms. The maximum absolute atomic E-state index is 12.6. The van der Waals surface area contributed by atoms with Gasteiger partial charge in [-0.15, -0.1) is 0 Å². The summed E-state index contributed by atoms with van der Waals surface area (Å²) in [4.78, 5) is 17.2. The second kappa shape index (κ2) is 7.75. The minimum Gasteiger partial charge on any atom is -0.396 e. The largest absolute Gasteiger partial charge is 0.396 e. The molecule has 1 atom stereocenters. The summed E-state index contributed by atoms with van der Waals surface area (Å²) >= 11 is 0. The molecule has 2 heterocycles. The minimum atomic E-state index is 0.224. The molecule has 0 aromatic rings. The highest BCUT2D eigenvalue weighted by molar-refractivity contribution is 5.76. The Bertz CT molecular complexity index is 367. The van der Waals surface area contributed by atoms with Crippen LogP contribution in [0, 0.1) is 11.8 Å². The summed E-state index contributed by atoms with van der Waals surface area (Å²) < 4.78 is 0. The number of rotatable bonds is 6. The molecule has 0 aromatic carbocycles. The number of piperazine rings is 1. The van der Waals surface area contributed by atoms with Gasteiger partial charge in [-0.05, 0) is 57.0 Å². The molecule has 3 rings (SSSR count). The van der Waals surface area contributed by atoms with Crippen LogP contribution in [0.5, 0.6) is 0 Å². The van der Waals surface area contributed by atoms with E-state index in [0.717, 1.165) is 64.3 Å². The van der Waals surface area contributed by atoms with E-state index >= 15 is 0 Å². The molecule has 3 aliphatic rings. The minimum absolute atomic E-state index is 0.224. The maximum Gasteiger partial charge on any atom is 0.222 e. The van der Waals surface area contributed by atoms with Crippen LogP contribution in [-0.4, -0.2) is 72.7 Å². The lowest BCUT2D eigenvalue weighted by Crippen LogP contribution is -2.55. The lowest BCUT2D eigenvalue weighted by atomic mass is 9.93. The first-order chi connectivity index (χ1) is 10.8. The Balaban J connectivity index is 1.49. The third-order valence-corrected chi connectivity index (χ3v) is 5.53. The van der Waals surface area contributed by atoms with Crippen molar-refractivity contribution in [3.05, 3.63) is 0 Å². The first-order valence-electron chi connectivity index (χ1n) is 9.09. The van der Waals surface area contributed by atoms with Gasteiger partial charge in [0.2, 0.25) is 5.91 Å². The van der Waals surface area contributed by atoms with Gasteiger partial charge in [-0.25, -0.2) is 0 Å². The van der Waals surface area contributed by atoms with Crippen LogP contribution in [0.15, 0.2) is 0 Å². The fraction of sp³-hybridized carbons (Fsp3) is 0.941. The Morgan fingerprint density at radius 3 is 2.55 bits per heavy atom. The molecule has 126 valence electrons. The lowest BCUT2D eigenvalue weighted by molar-refractivity contribution is -0.135. The topological polar surface area (TPSA) is 55.8 Å². The maximum atomic E-state index is 12.6. The molecule has 0 unspecified atom stereocenters. The summed E-state index contributed by atoms with van der Waals surface area (Å²) in [7, 11) is 0. The van der Waals surface area contributed by atoms with Crippen molar-refractivity contribution < 1.29 is 9.90 Å². The summed E-state index contributed by atoms with van der Waals surface area (Å²) in [6.07, 6.45) is 6.50. The third kappa shape index (κ3) is 4.43. The first kappa shape index (κ1) is 16.2. The number of carbonyl (C=O) groups excluding carboxylic acids is 1. The zero-order valence-corrected chi connectivity index (χ0v) is 13.7. The molecule has 5 nitrogen and oxygen atoms in total. The highest BCUT2D eigenvalue weighted by atomic mass is 16.3. The molecule has 2 saturated heterocycles. The van der Waals surface area contributed by atoms with Gasteiger partial charge >= 0.3 is 0 Å². The number of aliphatic hydroxyl groups excluding tert-OH is 1. The number of aliphatic hydroxyl groups is 1. The van der Waals surface area contributed by atoms with Gasteiger partial charge in [0.15, 0.2) is 0 Å². The number of nitrogens with one attached hydrogen (secondary N) is 1. The van der Waals surface area contributed by atoms with Crippen LogP contribution in [0.1, 0.15) is 38.5 Å². The Morgan fingerprint density at radius 1 is 1.09 bits per heavy atom. The van der Waals surface area contributed by atoms with Gasteiger partial charge in [-0.2, -0.15) is 0 Å². The molecule has 1 amide bonds. The van der Waals surface area contributed by atoms with Crippen molar-refractivity contribution in [2.75, 3.05) is 45.9 Å². The molecular formula is C17H31N3O2. The molecule has 2 aliphatic heterocycles. The molecule has 2 N–H and O–H groups in total. The number of nitrogens with zero attached hydrogens (tertiary/aromatic N) is 2. The van der Waals surface area contributed by atoms with Gasteiger partial charge in [-0.1, -0.05) is 0 Å². The van der Waals surface area contributed by atoms with Gasteiger partial charge in [-0.3, -0.25) is 9.69 Å². The van der Waals surface area contributed by atoms with Crippen LogP contribution in [0.2, 0.25) is 0 Å². The van der Waals surface area contributed by atoms with Crippen molar-refractivity contribution in [1.82, 2.24) is 15.1 Å². The van der Waals surface area contributed by atoms with Gasteiger partial charge in [0.05, 0.1) is 0 Å². The van der Waals surface area contributed by atoms with Crippen molar-refractivity contribution in [3.8, 4) is 0 Å². The Kier molecular flexibility index (Phi) is 5.71. The van der Waals surface area contributed by atoms with E-state index in [1.54, 1.807) is 0 Å². The molecule has 0 radical (unpaired) electrons. The smallest absolute Gasteiger partial charge is 0.222 e. The van der Waals surface area contributed by atoms with Crippen molar-refractivity contribution in [2.45, 2.75) is 44.6 Å². The number of hydrogen-bond donors (Lipinski definition) is 2. The lowest BCUT2D eigenvalue weighted by Gasteiger charge is -2.42. The van der Waals surface area contributed by atoms with Crippen LogP contribution < -0.4 is 5.32 Å². The fourth-order valence-electron chi connectivity index (χ4n) is 3.88. The number of piperidine rings is 1. The van der Waals surface area contributed by atoms with E-state index in [0.29, 0.717) is 17.9 Å². The first-order valence-corrected chi connectivity index (χ1v) is 9.09. The number of carbonyl (C=O) groups is 1. The van der Waals surface area contributed by atoms with E-state index in [2.05, 4.69) is 15.1 Å². The van der Waals surface area contributed by atoms with Gasteiger partial charge in [0.25, 0.3) is 0 Å². The molecule has 0 bridgehead atoms. The van der Waals surface area contributed by atoms with E-state index in [1.807, 2.05) is 0 Å². The van der Waals surface area contributed by atoms with Crippen LogP contribution >= 0.6 is 0 Å². The zero-order chi connectivity index (χ0) is 15.4. The Hall–Kier alpha value is -0.650. The summed E-state index contributed by atoms with van der Waals surface area (Å²) in [6.45, 7) is 6.18. The summed E-state index contributed by atoms with van der Waals surface area (Å²) in [5.74, 6) is 1.77. The highest BCUT2D eigenvalue weighted by Gasteiger charge is 2.33. The summed E-state index contributed by atoms with van der Waals surface area (Å²) in [6, 6.07) is 0.358. The van der Waals surface area contributed by atoms with Gasteiger partial charge < -0.3 is 15.3 Å². The van der Waals surface area contributed by atoms with Crippen molar-refractivity contribution >= 4 is 5.91 Å². The predicted octanol–water partition coefficient (Wildman–Crippen LogP) is 0.681. The fourth-order valence-corrected chi connectivity index (χ4v) is 3.88. The second-order valence-corrected chi connectivity index (χ2v) is 7.34. The summed E-state index contributed by atoms with van der Waals surface area (Å²) in [5, 5.41) is 12.7. The zero-order valence-electron chi connectivity index (χ0n) is 13.7. The molecule has 1 aliphatic carbocycles. The van der Waals surface area contributed by atoms with Crippen molar-refractivity contribution in [2.24, 2.45) is 11.8 Å². The van der Waals surface area contributed by atoms with Crippen LogP contribution in [-0.2, 0) is 4.79 Å². The number of hydrogen-bond acceptors (Lipinski definition) is 4. The molecule has 5 heteroatoms. The van der Waals surface area contributed by atoms with E-state index in [1.165, 1.54) is 19.4 Å². The monoisotopic (exact) mass is 309 g/mol. The van der Waals surface area contributed by atoms with Crippen LogP contribution in [0.3, 0.4) is 0 Å². The SMILES string of the molecule is O=C(CC1CCNCC1)N1CCN(CC2CC2)[C@H](CCO)C1. The standard InChI is InChI=1S/C17H31N3O2/c21-10-5-16-13-20(9-8-19(16)12-15-1-2-15)17(22)11-14-3-6-18-7-4-14/h14-16,18,21H,1-13H2/t16-/m1/s1. The molecule has 0 aromatic heterocycles. The molecule has 0 spiro atoms. The van der Waals surface area contributed by atoms with E-state index in [-0.39, 0.29) is 6.61 Å². The quantitative estimate of drug-likeness (QED) is 0.758. The third-order valence-electron chi connectivity index (χ3n) is 5.53. The van der Waals surface area contributed by atoms with Gasteiger partial charge in [0.1, 0.15) is 0 Å². The highest BCUT2D eigenvalue weighted by Crippen LogP contribution is 2.31. The molecule has 3 fully saturated rings.